The number of hydrogen-bond acceptors (Lipinski definition) is 1. The smallest absolute Gasteiger partial charge is 0.135 e. The maximum atomic E-state index is 12.1. The third kappa shape index (κ3) is 7.39. The molecule has 0 spiro atoms. The van der Waals surface area contributed by atoms with Crippen LogP contribution in [0.15, 0.2) is 0 Å². The van der Waals surface area contributed by atoms with E-state index in [-0.39, 0.29) is 0 Å². The largest absolute Gasteiger partial charge is 0.299 e. The highest BCUT2D eigenvalue weighted by molar-refractivity contribution is 5.80. The van der Waals surface area contributed by atoms with Gasteiger partial charge in [-0.3, -0.25) is 4.79 Å². The molecule has 3 rings (SSSR count). The van der Waals surface area contributed by atoms with Crippen molar-refractivity contribution in [3.05, 3.63) is 0 Å². The van der Waals surface area contributed by atoms with Gasteiger partial charge in [0.2, 0.25) is 0 Å². The van der Waals surface area contributed by atoms with Crippen molar-refractivity contribution >= 4 is 5.78 Å². The summed E-state index contributed by atoms with van der Waals surface area (Å²) in [4.78, 5) is 12.1. The van der Waals surface area contributed by atoms with Gasteiger partial charge in [-0.1, -0.05) is 90.9 Å². The number of hydrogen-bond donors (Lipinski definition) is 0. The van der Waals surface area contributed by atoms with E-state index < -0.39 is 0 Å². The van der Waals surface area contributed by atoms with E-state index in [2.05, 4.69) is 6.92 Å². The van der Waals surface area contributed by atoms with E-state index in [4.69, 9.17) is 0 Å². The Hall–Kier alpha value is -0.330. The summed E-state index contributed by atoms with van der Waals surface area (Å²) in [5.41, 5.74) is 0. The summed E-state index contributed by atoms with van der Waals surface area (Å²) in [5.74, 6) is 5.96. The lowest BCUT2D eigenvalue weighted by molar-refractivity contribution is -0.123. The van der Waals surface area contributed by atoms with Crippen molar-refractivity contribution < 1.29 is 4.79 Å². The highest BCUT2D eigenvalue weighted by Crippen LogP contribution is 2.42. The predicted molar refractivity (Wildman–Crippen MR) is 125 cm³/mol. The van der Waals surface area contributed by atoms with Crippen LogP contribution in [-0.2, 0) is 4.79 Å². The molecule has 0 aliphatic heterocycles. The minimum absolute atomic E-state index is 0.405. The predicted octanol–water partition coefficient (Wildman–Crippen LogP) is 8.75. The minimum Gasteiger partial charge on any atom is -0.299 e. The Labute approximate surface area is 182 Å². The van der Waals surface area contributed by atoms with Crippen LogP contribution in [0.25, 0.3) is 0 Å². The first-order chi connectivity index (χ1) is 14.2. The zero-order valence-electron chi connectivity index (χ0n) is 19.8. The van der Waals surface area contributed by atoms with Crippen LogP contribution in [0.1, 0.15) is 136 Å². The van der Waals surface area contributed by atoms with Gasteiger partial charge in [0.1, 0.15) is 5.78 Å². The lowest BCUT2D eigenvalue weighted by Crippen LogP contribution is -2.26. The number of carbonyl (C=O) groups excluding carboxylic acids is 1. The first-order valence-corrected chi connectivity index (χ1v) is 13.7. The topological polar surface area (TPSA) is 17.1 Å². The molecule has 0 bridgehead atoms. The van der Waals surface area contributed by atoms with Gasteiger partial charge in [0, 0.05) is 12.3 Å². The zero-order valence-corrected chi connectivity index (χ0v) is 19.8. The fourth-order valence-electron chi connectivity index (χ4n) is 7.26. The number of carbonyl (C=O) groups is 1. The summed E-state index contributed by atoms with van der Waals surface area (Å²) in [6.07, 6.45) is 26.7. The van der Waals surface area contributed by atoms with E-state index in [1.54, 1.807) is 0 Å². The highest BCUT2D eigenvalue weighted by Gasteiger charge is 2.31. The van der Waals surface area contributed by atoms with Crippen LogP contribution in [0.5, 0.6) is 0 Å². The molecular formula is C28H50O. The minimum atomic E-state index is 0.405. The molecule has 0 N–H and O–H groups in total. The molecule has 1 unspecified atom stereocenters. The summed E-state index contributed by atoms with van der Waals surface area (Å²) < 4.78 is 0. The Morgan fingerprint density at radius 2 is 1.31 bits per heavy atom. The van der Waals surface area contributed by atoms with Gasteiger partial charge in [0.15, 0.2) is 0 Å². The second-order valence-corrected chi connectivity index (χ2v) is 11.2. The molecule has 0 heterocycles. The summed E-state index contributed by atoms with van der Waals surface area (Å²) in [7, 11) is 0. The van der Waals surface area contributed by atoms with Crippen LogP contribution in [0, 0.1) is 35.5 Å². The molecule has 1 heteroatoms. The molecule has 0 aromatic heterocycles. The third-order valence-electron chi connectivity index (χ3n) is 9.21. The van der Waals surface area contributed by atoms with Crippen molar-refractivity contribution in [2.75, 3.05) is 0 Å². The number of ketones is 1. The molecule has 0 aromatic carbocycles. The Balaban J connectivity index is 1.46. The van der Waals surface area contributed by atoms with Crippen molar-refractivity contribution in [1.29, 1.82) is 0 Å². The van der Waals surface area contributed by atoms with Gasteiger partial charge in [0.05, 0.1) is 0 Å². The Bertz CT molecular complexity index is 447. The molecule has 168 valence electrons. The van der Waals surface area contributed by atoms with Crippen molar-refractivity contribution in [3.8, 4) is 0 Å². The van der Waals surface area contributed by atoms with Gasteiger partial charge in [-0.15, -0.1) is 0 Å². The third-order valence-corrected chi connectivity index (χ3v) is 9.21. The maximum absolute atomic E-state index is 12.1. The van der Waals surface area contributed by atoms with E-state index in [0.29, 0.717) is 11.7 Å². The SMILES string of the molecule is CCCC1CCC(CCC(CC2CCC(C(=O)CC)CC2)C2CCCCC2)CC1. The van der Waals surface area contributed by atoms with Crippen LogP contribution < -0.4 is 0 Å². The van der Waals surface area contributed by atoms with Gasteiger partial charge in [0.25, 0.3) is 0 Å². The Kier molecular flexibility index (Phi) is 10.1. The zero-order chi connectivity index (χ0) is 20.5. The van der Waals surface area contributed by atoms with E-state index in [1.807, 2.05) is 6.92 Å². The Morgan fingerprint density at radius 1 is 0.724 bits per heavy atom. The van der Waals surface area contributed by atoms with Gasteiger partial charge in [-0.05, 0) is 68.1 Å². The first kappa shape index (κ1) is 23.3. The normalized spacial score (nSPS) is 32.8. The summed E-state index contributed by atoms with van der Waals surface area (Å²) in [6.45, 7) is 4.40. The molecular weight excluding hydrogens is 352 g/mol. The van der Waals surface area contributed by atoms with Gasteiger partial charge >= 0.3 is 0 Å². The van der Waals surface area contributed by atoms with E-state index in [0.717, 1.165) is 36.0 Å². The van der Waals surface area contributed by atoms with E-state index in [9.17, 15) is 4.79 Å². The summed E-state index contributed by atoms with van der Waals surface area (Å²) in [6, 6.07) is 0. The van der Waals surface area contributed by atoms with Gasteiger partial charge in [-0.2, -0.15) is 0 Å². The fourth-order valence-corrected chi connectivity index (χ4v) is 7.26. The molecule has 3 saturated carbocycles. The van der Waals surface area contributed by atoms with Crippen molar-refractivity contribution in [2.24, 2.45) is 35.5 Å². The van der Waals surface area contributed by atoms with Crippen LogP contribution in [0.4, 0.5) is 0 Å². The summed E-state index contributed by atoms with van der Waals surface area (Å²) >= 11 is 0. The average Bonchev–Trinajstić information content (AvgIpc) is 2.78. The number of Topliss-reactive ketones (excluding diaryl/α,β-unsaturated/α-hetero) is 1. The molecule has 0 saturated heterocycles. The standard InChI is InChI=1S/C28H50O/c1-3-8-22-11-13-23(14-12-22)15-20-27(25-9-6-5-7-10-25)21-24-16-18-26(19-17-24)28(29)4-2/h22-27H,3-21H2,1-2H3. The van der Waals surface area contributed by atoms with Crippen molar-refractivity contribution in [2.45, 2.75) is 136 Å². The molecule has 3 aliphatic carbocycles. The Morgan fingerprint density at radius 3 is 1.90 bits per heavy atom. The monoisotopic (exact) mass is 402 g/mol. The fraction of sp³-hybridized carbons (Fsp3) is 0.964. The maximum Gasteiger partial charge on any atom is 0.135 e. The molecule has 3 aliphatic rings. The quantitative estimate of drug-likeness (QED) is 0.357. The van der Waals surface area contributed by atoms with Crippen LogP contribution in [0.3, 0.4) is 0 Å². The van der Waals surface area contributed by atoms with E-state index in [1.165, 1.54) is 116 Å². The molecule has 1 atom stereocenters. The molecule has 0 aromatic rings. The first-order valence-electron chi connectivity index (χ1n) is 13.7. The number of rotatable bonds is 10. The second-order valence-electron chi connectivity index (χ2n) is 11.2. The van der Waals surface area contributed by atoms with Crippen LogP contribution >= 0.6 is 0 Å². The second kappa shape index (κ2) is 12.5. The van der Waals surface area contributed by atoms with Crippen molar-refractivity contribution in [1.82, 2.24) is 0 Å². The van der Waals surface area contributed by atoms with E-state index >= 15 is 0 Å². The highest BCUT2D eigenvalue weighted by atomic mass is 16.1. The van der Waals surface area contributed by atoms with Crippen LogP contribution in [0.2, 0.25) is 0 Å². The average molecular weight is 403 g/mol. The lowest BCUT2D eigenvalue weighted by atomic mass is 9.69. The molecule has 0 amide bonds. The van der Waals surface area contributed by atoms with Gasteiger partial charge in [-0.25, -0.2) is 0 Å². The summed E-state index contributed by atoms with van der Waals surface area (Å²) in [5, 5.41) is 0. The van der Waals surface area contributed by atoms with Crippen molar-refractivity contribution in [3.63, 3.8) is 0 Å². The molecule has 0 radical (unpaired) electrons. The van der Waals surface area contributed by atoms with Gasteiger partial charge < -0.3 is 0 Å². The molecule has 29 heavy (non-hydrogen) atoms. The molecule has 3 fully saturated rings. The lowest BCUT2D eigenvalue weighted by Gasteiger charge is -2.36. The molecule has 1 nitrogen and oxygen atoms in total. The van der Waals surface area contributed by atoms with Crippen LogP contribution in [-0.4, -0.2) is 5.78 Å².